The maximum absolute atomic E-state index is 15.4. The Balaban J connectivity index is 0.998. The molecule has 0 spiro atoms. The normalized spacial score (nSPS) is 15.0. The molecule has 2 aliphatic heterocycles. The summed E-state index contributed by atoms with van der Waals surface area (Å²) >= 11 is 0. The van der Waals surface area contributed by atoms with Gasteiger partial charge in [-0.05, 0) is 75.3 Å². The van der Waals surface area contributed by atoms with E-state index in [1.165, 1.54) is 26.7 Å². The molecule has 3 unspecified atom stereocenters. The van der Waals surface area contributed by atoms with Gasteiger partial charge in [0.2, 0.25) is 35.0 Å². The Hall–Kier alpha value is -7.92. The molecular weight excluding hydrogens is 952 g/mol. The first-order valence-electron chi connectivity index (χ1n) is 24.4. The number of aryl methyl sites for hydroxylation is 1. The van der Waals surface area contributed by atoms with E-state index in [1.807, 2.05) is 13.8 Å². The number of hydrogen-bond acceptors (Lipinski definition) is 13. The van der Waals surface area contributed by atoms with Crippen molar-refractivity contribution in [1.82, 2.24) is 45.3 Å². The highest BCUT2D eigenvalue weighted by molar-refractivity contribution is 6.02. The summed E-state index contributed by atoms with van der Waals surface area (Å²) < 4.78 is 24.0. The number of benzene rings is 2. The van der Waals surface area contributed by atoms with Crippen LogP contribution in [0, 0.1) is 11.7 Å². The average Bonchev–Trinajstić information content (AvgIpc) is 3.97. The Bertz CT molecular complexity index is 2740. The predicted octanol–water partition coefficient (Wildman–Crippen LogP) is 3.56. The van der Waals surface area contributed by atoms with Crippen LogP contribution in [0.1, 0.15) is 113 Å². The molecule has 73 heavy (non-hydrogen) atoms. The summed E-state index contributed by atoms with van der Waals surface area (Å²) in [5.74, 6) is -3.84. The summed E-state index contributed by atoms with van der Waals surface area (Å²) in [4.78, 5) is 117. The SMILES string of the molecule is CCn1cc(C(=O)O)c(=O)c2cc(F)c(N3CCN(C(=O)OCc4ccc(NC(=O)C(CCCNC(N)=O)n5cc(C(NC(=O)C(C)NC(=O)CCCCCN6C(=O)CCC6=O)C(C)C)nn5)cc4)CC3)cc21. The van der Waals surface area contributed by atoms with E-state index in [4.69, 9.17) is 10.5 Å². The van der Waals surface area contributed by atoms with Gasteiger partial charge < -0.3 is 51.2 Å². The number of primary amides is 1. The van der Waals surface area contributed by atoms with Gasteiger partial charge in [-0.2, -0.15) is 0 Å². The number of likely N-dealkylation sites (tertiary alicyclic amines) is 1. The zero-order valence-electron chi connectivity index (χ0n) is 41.4. The lowest BCUT2D eigenvalue weighted by Crippen LogP contribution is -2.49. The number of aromatic nitrogens is 4. The van der Waals surface area contributed by atoms with Crippen molar-refractivity contribution >= 4 is 69.9 Å². The second-order valence-electron chi connectivity index (χ2n) is 18.3. The fourth-order valence-corrected chi connectivity index (χ4v) is 8.65. The number of carboxylic acid groups (broad SMARTS) is 1. The van der Waals surface area contributed by atoms with E-state index in [-0.39, 0.29) is 99.7 Å². The summed E-state index contributed by atoms with van der Waals surface area (Å²) in [6.07, 6.45) is 5.14. The highest BCUT2D eigenvalue weighted by Gasteiger charge is 2.30. The van der Waals surface area contributed by atoms with Gasteiger partial charge in [0, 0.05) is 82.3 Å². The topological polar surface area (TPSA) is 303 Å². The lowest BCUT2D eigenvalue weighted by molar-refractivity contribution is -0.138. The number of pyridine rings is 1. The number of imide groups is 1. The number of anilines is 2. The van der Waals surface area contributed by atoms with Crippen LogP contribution in [0.15, 0.2) is 53.6 Å². The van der Waals surface area contributed by atoms with E-state index >= 15 is 4.39 Å². The maximum atomic E-state index is 15.4. The molecular formula is C49H63FN12O11. The van der Waals surface area contributed by atoms with Crippen LogP contribution in [0.3, 0.4) is 0 Å². The highest BCUT2D eigenvalue weighted by Crippen LogP contribution is 2.28. The van der Waals surface area contributed by atoms with E-state index in [0.29, 0.717) is 61.2 Å². The Labute approximate surface area is 419 Å². The number of aromatic carboxylic acids is 1. The number of carbonyl (C=O) groups excluding carboxylic acids is 7. The van der Waals surface area contributed by atoms with Gasteiger partial charge in [0.15, 0.2) is 0 Å². The monoisotopic (exact) mass is 1010 g/mol. The number of amides is 8. The first-order valence-corrected chi connectivity index (χ1v) is 24.4. The van der Waals surface area contributed by atoms with Crippen molar-refractivity contribution in [3.8, 4) is 0 Å². The summed E-state index contributed by atoms with van der Waals surface area (Å²) in [7, 11) is 0. The van der Waals surface area contributed by atoms with Gasteiger partial charge in [0.1, 0.15) is 35.8 Å². The summed E-state index contributed by atoms with van der Waals surface area (Å²) in [6, 6.07) is 6.06. The van der Waals surface area contributed by atoms with Crippen molar-refractivity contribution in [2.45, 2.75) is 110 Å². The first kappa shape index (κ1) is 54.4. The molecule has 24 heteroatoms. The van der Waals surface area contributed by atoms with Gasteiger partial charge in [-0.1, -0.05) is 37.6 Å². The number of carbonyl (C=O) groups is 8. The molecule has 2 aromatic heterocycles. The highest BCUT2D eigenvalue weighted by atomic mass is 19.1. The zero-order valence-corrected chi connectivity index (χ0v) is 41.4. The lowest BCUT2D eigenvalue weighted by atomic mass is 10.0. The average molecular weight is 1020 g/mol. The number of urea groups is 1. The number of nitrogens with two attached hydrogens (primary N) is 1. The molecule has 6 rings (SSSR count). The third kappa shape index (κ3) is 14.2. The molecule has 4 aromatic rings. The molecule has 0 aliphatic carbocycles. The van der Waals surface area contributed by atoms with Crippen molar-refractivity contribution in [3.05, 3.63) is 81.7 Å². The zero-order chi connectivity index (χ0) is 52.9. The number of halogens is 1. The van der Waals surface area contributed by atoms with E-state index in [2.05, 4.69) is 31.6 Å². The molecule has 23 nitrogen and oxygen atoms in total. The Morgan fingerprint density at radius 2 is 1.58 bits per heavy atom. The maximum Gasteiger partial charge on any atom is 0.410 e. The van der Waals surface area contributed by atoms with Crippen LogP contribution in [0.2, 0.25) is 0 Å². The molecule has 3 atom stereocenters. The number of hydrogen-bond donors (Lipinski definition) is 6. The second-order valence-corrected chi connectivity index (χ2v) is 18.3. The van der Waals surface area contributed by atoms with Gasteiger partial charge in [-0.25, -0.2) is 23.5 Å². The molecule has 0 radical (unpaired) electrons. The number of unbranched alkanes of at least 4 members (excludes halogenated alkanes) is 2. The van der Waals surface area contributed by atoms with Gasteiger partial charge in [-0.15, -0.1) is 5.10 Å². The van der Waals surface area contributed by atoms with Crippen LogP contribution in [0.4, 0.5) is 25.4 Å². The third-order valence-corrected chi connectivity index (χ3v) is 12.8. The van der Waals surface area contributed by atoms with Crippen molar-refractivity contribution in [2.75, 3.05) is 49.5 Å². The quantitative estimate of drug-likeness (QED) is 0.0458. The second kappa shape index (κ2) is 25.0. The molecule has 4 heterocycles. The van der Waals surface area contributed by atoms with Crippen LogP contribution in [-0.4, -0.2) is 127 Å². The minimum Gasteiger partial charge on any atom is -0.477 e. The third-order valence-electron chi connectivity index (χ3n) is 12.8. The molecule has 2 fully saturated rings. The number of fused-ring (bicyclic) bond motifs is 1. The van der Waals surface area contributed by atoms with Crippen LogP contribution < -0.4 is 37.3 Å². The van der Waals surface area contributed by atoms with Crippen molar-refractivity contribution in [3.63, 3.8) is 0 Å². The Morgan fingerprint density at radius 1 is 0.877 bits per heavy atom. The van der Waals surface area contributed by atoms with Crippen LogP contribution >= 0.6 is 0 Å². The van der Waals surface area contributed by atoms with Crippen molar-refractivity contribution in [1.29, 1.82) is 0 Å². The van der Waals surface area contributed by atoms with Crippen molar-refractivity contribution in [2.24, 2.45) is 11.7 Å². The van der Waals surface area contributed by atoms with Gasteiger partial charge >= 0.3 is 18.1 Å². The molecule has 8 amide bonds. The molecule has 2 saturated heterocycles. The van der Waals surface area contributed by atoms with E-state index < -0.39 is 64.8 Å². The molecule has 7 N–H and O–H groups in total. The molecule has 2 aromatic carbocycles. The largest absolute Gasteiger partial charge is 0.477 e. The van der Waals surface area contributed by atoms with Crippen LogP contribution in [0.25, 0.3) is 10.9 Å². The molecule has 2 aliphatic rings. The summed E-state index contributed by atoms with van der Waals surface area (Å²) in [5.41, 5.74) is 6.08. The van der Waals surface area contributed by atoms with E-state index in [9.17, 15) is 48.3 Å². The van der Waals surface area contributed by atoms with E-state index in [1.54, 1.807) is 53.8 Å². The Morgan fingerprint density at radius 3 is 2.22 bits per heavy atom. The van der Waals surface area contributed by atoms with Crippen molar-refractivity contribution < 1.29 is 52.6 Å². The standard InChI is InChI=1S/C49H63FN12O11/c1-5-58-26-34(47(69)70)44(66)33-24-35(50)39(25-38(33)58)59-20-22-60(23-21-59)49(72)73-28-31-12-14-32(15-13-31)54-46(68)37(10-9-18-52-48(51)71)62-27-36(56-57-62)43(29(2)3)55-45(67)30(4)53-40(63)11-7-6-8-19-61-41(64)16-17-42(61)65/h12-15,24-27,29-30,37,43H,5-11,16-23,28H2,1-4H3,(H,53,63)(H,54,68)(H,55,67)(H,69,70)(H3,51,52,71). The minimum absolute atomic E-state index is 0.0360. The fourth-order valence-electron chi connectivity index (χ4n) is 8.65. The summed E-state index contributed by atoms with van der Waals surface area (Å²) in [6.45, 7) is 8.85. The number of rotatable bonds is 23. The lowest BCUT2D eigenvalue weighted by Gasteiger charge is -2.35. The van der Waals surface area contributed by atoms with Crippen LogP contribution in [-0.2, 0) is 41.9 Å². The molecule has 0 bridgehead atoms. The minimum atomic E-state index is -1.39. The number of ether oxygens (including phenoxy) is 1. The number of nitrogens with zero attached hydrogens (tertiary/aromatic N) is 7. The van der Waals surface area contributed by atoms with Gasteiger partial charge in [-0.3, -0.25) is 33.7 Å². The Kier molecular flexibility index (Phi) is 18.6. The van der Waals surface area contributed by atoms with E-state index in [0.717, 1.165) is 6.07 Å². The van der Waals surface area contributed by atoms with Crippen LogP contribution in [0.5, 0.6) is 0 Å². The number of nitrogens with one attached hydrogen (secondary N) is 4. The molecule has 392 valence electrons. The number of carboxylic acids is 1. The predicted molar refractivity (Wildman–Crippen MR) is 263 cm³/mol. The fraction of sp³-hybridized carbons (Fsp3) is 0.490. The smallest absolute Gasteiger partial charge is 0.410 e. The van der Waals surface area contributed by atoms with Gasteiger partial charge in [0.05, 0.1) is 23.4 Å². The molecule has 0 saturated carbocycles. The number of piperazine rings is 1. The summed E-state index contributed by atoms with van der Waals surface area (Å²) in [5, 5.41) is 29.0. The first-order chi connectivity index (χ1) is 34.8. The van der Waals surface area contributed by atoms with Gasteiger partial charge in [0.25, 0.3) is 0 Å².